The summed E-state index contributed by atoms with van der Waals surface area (Å²) in [5, 5.41) is 0. The van der Waals surface area contributed by atoms with Crippen molar-refractivity contribution in [3.63, 3.8) is 0 Å². The molecule has 0 saturated heterocycles. The Bertz CT molecular complexity index is 618. The first-order valence-electron chi connectivity index (χ1n) is 6.19. The van der Waals surface area contributed by atoms with Gasteiger partial charge in [-0.05, 0) is 11.6 Å². The van der Waals surface area contributed by atoms with Crippen LogP contribution in [0.4, 0.5) is 0 Å². The summed E-state index contributed by atoms with van der Waals surface area (Å²) in [6.45, 7) is 0. The van der Waals surface area contributed by atoms with Gasteiger partial charge < -0.3 is 0 Å². The van der Waals surface area contributed by atoms with Gasteiger partial charge in [-0.1, -0.05) is 82.7 Å². The third-order valence-electron chi connectivity index (χ3n) is 2.78. The second-order valence-corrected chi connectivity index (χ2v) is 5.15. The van der Waals surface area contributed by atoms with Gasteiger partial charge in [0.2, 0.25) is 0 Å². The minimum atomic E-state index is -0.843. The fraction of sp³-hybridized carbons (Fsp3) is 0.0588. The largest absolute Gasteiger partial charge is 0.293 e. The summed E-state index contributed by atoms with van der Waals surface area (Å²) < 4.78 is 0. The van der Waals surface area contributed by atoms with Crippen LogP contribution in [0.5, 0.6) is 0 Å². The molecule has 3 heteroatoms. The van der Waals surface area contributed by atoms with Crippen molar-refractivity contribution in [2.75, 3.05) is 0 Å². The van der Waals surface area contributed by atoms with Gasteiger partial charge in [0.1, 0.15) is 4.83 Å². The predicted molar refractivity (Wildman–Crippen MR) is 84.0 cm³/mol. The van der Waals surface area contributed by atoms with Crippen LogP contribution in [0.1, 0.15) is 15.9 Å². The zero-order valence-electron chi connectivity index (χ0n) is 10.7. The molecule has 0 N–H and O–H groups in total. The Morgan fingerprint density at radius 3 is 2.05 bits per heavy atom. The van der Waals surface area contributed by atoms with E-state index in [0.29, 0.717) is 5.56 Å². The van der Waals surface area contributed by atoms with Gasteiger partial charge in [0, 0.05) is 5.56 Å². The number of carbonyl (C=O) groups is 2. The van der Waals surface area contributed by atoms with Crippen LogP contribution in [0.25, 0.3) is 6.08 Å². The lowest BCUT2D eigenvalue weighted by Crippen LogP contribution is -2.22. The number of halogens is 1. The van der Waals surface area contributed by atoms with E-state index in [1.165, 1.54) is 6.08 Å². The van der Waals surface area contributed by atoms with Crippen molar-refractivity contribution < 1.29 is 9.59 Å². The van der Waals surface area contributed by atoms with Crippen molar-refractivity contribution >= 4 is 33.6 Å². The molecule has 100 valence electrons. The lowest BCUT2D eigenvalue weighted by atomic mass is 10.1. The normalized spacial score (nSPS) is 12.2. The van der Waals surface area contributed by atoms with E-state index in [2.05, 4.69) is 15.9 Å². The molecule has 1 unspecified atom stereocenters. The molecule has 0 spiro atoms. The van der Waals surface area contributed by atoms with Crippen LogP contribution in [0.2, 0.25) is 0 Å². The van der Waals surface area contributed by atoms with Gasteiger partial charge in [-0.15, -0.1) is 0 Å². The van der Waals surface area contributed by atoms with Crippen LogP contribution in [-0.4, -0.2) is 16.4 Å². The number of allylic oxidation sites excluding steroid dienone is 1. The number of ketones is 2. The van der Waals surface area contributed by atoms with E-state index in [0.717, 1.165) is 5.56 Å². The Balaban J connectivity index is 2.06. The van der Waals surface area contributed by atoms with Crippen LogP contribution in [0.15, 0.2) is 66.7 Å². The molecular weight excluding hydrogens is 316 g/mol. The zero-order chi connectivity index (χ0) is 14.4. The minimum Gasteiger partial charge on any atom is -0.293 e. The zero-order valence-corrected chi connectivity index (χ0v) is 12.3. The number of hydrogen-bond donors (Lipinski definition) is 0. The minimum absolute atomic E-state index is 0.228. The smallest absolute Gasteiger partial charge is 0.184 e. The van der Waals surface area contributed by atoms with Crippen LogP contribution >= 0.6 is 15.9 Å². The number of benzene rings is 2. The number of rotatable bonds is 5. The molecule has 2 aromatic rings. The van der Waals surface area contributed by atoms with Gasteiger partial charge in [-0.25, -0.2) is 0 Å². The Morgan fingerprint density at radius 2 is 1.45 bits per heavy atom. The molecule has 0 saturated carbocycles. The highest BCUT2D eigenvalue weighted by Gasteiger charge is 2.22. The van der Waals surface area contributed by atoms with Crippen LogP contribution in [-0.2, 0) is 4.79 Å². The summed E-state index contributed by atoms with van der Waals surface area (Å²) in [6, 6.07) is 18.3. The van der Waals surface area contributed by atoms with E-state index in [-0.39, 0.29) is 11.6 Å². The van der Waals surface area contributed by atoms with Crippen molar-refractivity contribution in [1.82, 2.24) is 0 Å². The van der Waals surface area contributed by atoms with Crippen LogP contribution in [0, 0.1) is 0 Å². The fourth-order valence-corrected chi connectivity index (χ4v) is 2.12. The molecule has 0 fully saturated rings. The van der Waals surface area contributed by atoms with Crippen molar-refractivity contribution in [1.29, 1.82) is 0 Å². The van der Waals surface area contributed by atoms with E-state index in [1.807, 2.05) is 36.4 Å². The van der Waals surface area contributed by atoms with Crippen LogP contribution < -0.4 is 0 Å². The average Bonchev–Trinajstić information content (AvgIpc) is 2.53. The average molecular weight is 329 g/mol. The molecular formula is C17H13BrO2. The fourth-order valence-electron chi connectivity index (χ4n) is 1.70. The van der Waals surface area contributed by atoms with Gasteiger partial charge in [0.25, 0.3) is 0 Å². The molecule has 20 heavy (non-hydrogen) atoms. The summed E-state index contributed by atoms with van der Waals surface area (Å²) in [4.78, 5) is 23.2. The van der Waals surface area contributed by atoms with Crippen molar-refractivity contribution in [2.45, 2.75) is 4.83 Å². The molecule has 2 rings (SSSR count). The Morgan fingerprint density at radius 1 is 0.900 bits per heavy atom. The van der Waals surface area contributed by atoms with Crippen molar-refractivity contribution in [3.8, 4) is 0 Å². The molecule has 0 amide bonds. The van der Waals surface area contributed by atoms with Gasteiger partial charge >= 0.3 is 0 Å². The van der Waals surface area contributed by atoms with Gasteiger partial charge in [-0.3, -0.25) is 9.59 Å². The van der Waals surface area contributed by atoms with E-state index in [1.54, 1.807) is 30.3 Å². The van der Waals surface area contributed by atoms with E-state index >= 15 is 0 Å². The second-order valence-electron chi connectivity index (χ2n) is 4.24. The summed E-state index contributed by atoms with van der Waals surface area (Å²) in [7, 11) is 0. The van der Waals surface area contributed by atoms with E-state index < -0.39 is 4.83 Å². The summed E-state index contributed by atoms with van der Waals surface area (Å²) in [6.07, 6.45) is 3.13. The quantitative estimate of drug-likeness (QED) is 0.361. The highest BCUT2D eigenvalue weighted by atomic mass is 79.9. The lowest BCUT2D eigenvalue weighted by Gasteiger charge is -2.05. The number of Topliss-reactive ketones (excluding diaryl/α,β-unsaturated/α-hetero) is 1. The molecule has 0 bridgehead atoms. The van der Waals surface area contributed by atoms with E-state index in [4.69, 9.17) is 0 Å². The number of carbonyl (C=O) groups excluding carboxylic acids is 2. The third-order valence-corrected chi connectivity index (χ3v) is 3.64. The first-order valence-corrected chi connectivity index (χ1v) is 7.10. The third kappa shape index (κ3) is 3.75. The molecule has 0 aliphatic heterocycles. The first kappa shape index (κ1) is 14.4. The SMILES string of the molecule is O=C(/C=C/c1ccccc1)C(Br)C(=O)c1ccccc1. The standard InChI is InChI=1S/C17H13BrO2/c18-16(17(20)14-9-5-2-6-10-14)15(19)12-11-13-7-3-1-4-8-13/h1-12,16H/b12-11+. The van der Waals surface area contributed by atoms with Gasteiger partial charge in [-0.2, -0.15) is 0 Å². The lowest BCUT2D eigenvalue weighted by molar-refractivity contribution is -0.113. The molecule has 0 heterocycles. The van der Waals surface area contributed by atoms with Gasteiger partial charge in [0.15, 0.2) is 11.6 Å². The van der Waals surface area contributed by atoms with E-state index in [9.17, 15) is 9.59 Å². The predicted octanol–water partition coefficient (Wildman–Crippen LogP) is 3.92. The van der Waals surface area contributed by atoms with Gasteiger partial charge in [0.05, 0.1) is 0 Å². The molecule has 1 atom stereocenters. The highest BCUT2D eigenvalue weighted by molar-refractivity contribution is 9.10. The molecule has 2 aromatic carbocycles. The maximum absolute atomic E-state index is 12.1. The van der Waals surface area contributed by atoms with Crippen molar-refractivity contribution in [3.05, 3.63) is 77.9 Å². The van der Waals surface area contributed by atoms with Crippen molar-refractivity contribution in [2.24, 2.45) is 0 Å². The monoisotopic (exact) mass is 328 g/mol. The topological polar surface area (TPSA) is 34.1 Å². The molecule has 0 radical (unpaired) electrons. The summed E-state index contributed by atoms with van der Waals surface area (Å²) in [5.41, 5.74) is 1.45. The summed E-state index contributed by atoms with van der Waals surface area (Å²) >= 11 is 3.17. The molecule has 2 nitrogen and oxygen atoms in total. The molecule has 0 aliphatic carbocycles. The Kier molecular flexibility index (Phi) is 5.02. The van der Waals surface area contributed by atoms with Crippen LogP contribution in [0.3, 0.4) is 0 Å². The number of hydrogen-bond acceptors (Lipinski definition) is 2. The number of alkyl halides is 1. The highest BCUT2D eigenvalue weighted by Crippen LogP contribution is 2.13. The molecule has 0 aliphatic rings. The second kappa shape index (κ2) is 6.96. The maximum atomic E-state index is 12.1. The Labute approximate surface area is 126 Å². The first-order chi connectivity index (χ1) is 9.68. The summed E-state index contributed by atoms with van der Waals surface area (Å²) in [5.74, 6) is -0.490. The Hall–Kier alpha value is -2.00. The maximum Gasteiger partial charge on any atom is 0.184 e. The molecule has 0 aromatic heterocycles.